The van der Waals surface area contributed by atoms with Gasteiger partial charge in [-0.25, -0.2) is 0 Å². The Labute approximate surface area is 178 Å². The standard InChI is InChI=1S/C25H44N2O2/c1-6-19(2)26(22(28)12-11-20-9-7-8-10-20)14-13-23(29)27-18-25(5)16-21(27)15-24(3,4)17-25/h19-21H,6-18H2,1-5H3. The molecule has 1 saturated heterocycles. The van der Waals surface area contributed by atoms with E-state index >= 15 is 0 Å². The fraction of sp³-hybridized carbons (Fsp3) is 0.920. The lowest BCUT2D eigenvalue weighted by atomic mass is 9.65. The summed E-state index contributed by atoms with van der Waals surface area (Å²) < 4.78 is 0. The number of carbonyl (C=O) groups is 2. The third-order valence-corrected chi connectivity index (χ3v) is 7.99. The van der Waals surface area contributed by atoms with E-state index in [-0.39, 0.29) is 23.3 Å². The average molecular weight is 405 g/mol. The summed E-state index contributed by atoms with van der Waals surface area (Å²) in [5.41, 5.74) is 0.598. The molecule has 3 aliphatic rings. The summed E-state index contributed by atoms with van der Waals surface area (Å²) in [7, 11) is 0. The average Bonchev–Trinajstić information content (AvgIpc) is 3.24. The number of rotatable bonds is 8. The zero-order valence-corrected chi connectivity index (χ0v) is 19.6. The second-order valence-corrected chi connectivity index (χ2v) is 11.5. The van der Waals surface area contributed by atoms with E-state index in [0.717, 1.165) is 38.1 Å². The lowest BCUT2D eigenvalue weighted by Crippen LogP contribution is -2.43. The van der Waals surface area contributed by atoms with E-state index in [2.05, 4.69) is 39.5 Å². The summed E-state index contributed by atoms with van der Waals surface area (Å²) in [6.45, 7) is 12.8. The zero-order chi connectivity index (χ0) is 21.2. The van der Waals surface area contributed by atoms with Gasteiger partial charge in [0.2, 0.25) is 11.8 Å². The highest BCUT2D eigenvalue weighted by molar-refractivity contribution is 5.80. The molecule has 2 saturated carbocycles. The van der Waals surface area contributed by atoms with Crippen molar-refractivity contribution in [2.45, 2.75) is 117 Å². The normalized spacial score (nSPS) is 29.8. The minimum atomic E-state index is 0.216. The molecule has 1 heterocycles. The Balaban J connectivity index is 1.54. The summed E-state index contributed by atoms with van der Waals surface area (Å²) >= 11 is 0. The van der Waals surface area contributed by atoms with Crippen LogP contribution in [0.1, 0.15) is 105 Å². The molecular weight excluding hydrogens is 360 g/mol. The number of carbonyl (C=O) groups excluding carboxylic acids is 2. The Morgan fingerprint density at radius 3 is 2.45 bits per heavy atom. The van der Waals surface area contributed by atoms with Gasteiger partial charge in [0.05, 0.1) is 0 Å². The summed E-state index contributed by atoms with van der Waals surface area (Å²) in [6, 6.07) is 0.611. The monoisotopic (exact) mass is 404 g/mol. The number of nitrogens with zero attached hydrogens (tertiary/aromatic N) is 2. The molecule has 0 N–H and O–H groups in total. The minimum absolute atomic E-state index is 0.216. The Hall–Kier alpha value is -1.06. The Morgan fingerprint density at radius 1 is 1.10 bits per heavy atom. The van der Waals surface area contributed by atoms with Crippen molar-refractivity contribution < 1.29 is 9.59 Å². The number of likely N-dealkylation sites (tertiary alicyclic amines) is 1. The first-order chi connectivity index (χ1) is 13.6. The quantitative estimate of drug-likeness (QED) is 0.543. The lowest BCUT2D eigenvalue weighted by molar-refractivity contribution is -0.136. The highest BCUT2D eigenvalue weighted by Gasteiger charge is 2.50. The maximum atomic E-state index is 13.1. The van der Waals surface area contributed by atoms with Gasteiger partial charge >= 0.3 is 0 Å². The van der Waals surface area contributed by atoms with Crippen molar-refractivity contribution in [1.29, 1.82) is 0 Å². The Morgan fingerprint density at radius 2 is 1.79 bits per heavy atom. The van der Waals surface area contributed by atoms with E-state index in [9.17, 15) is 9.59 Å². The van der Waals surface area contributed by atoms with Gasteiger partial charge in [0, 0.05) is 38.0 Å². The molecule has 0 aromatic rings. The first-order valence-corrected chi connectivity index (χ1v) is 12.2. The van der Waals surface area contributed by atoms with Crippen LogP contribution >= 0.6 is 0 Å². The zero-order valence-electron chi connectivity index (χ0n) is 19.6. The Bertz CT molecular complexity index is 596. The van der Waals surface area contributed by atoms with Crippen LogP contribution in [0.25, 0.3) is 0 Å². The van der Waals surface area contributed by atoms with Gasteiger partial charge in [0.25, 0.3) is 0 Å². The van der Waals surface area contributed by atoms with E-state index in [4.69, 9.17) is 0 Å². The molecule has 0 aromatic carbocycles. The molecule has 4 nitrogen and oxygen atoms in total. The van der Waals surface area contributed by atoms with Crippen LogP contribution in [-0.4, -0.2) is 46.8 Å². The van der Waals surface area contributed by atoms with E-state index in [0.29, 0.717) is 30.8 Å². The largest absolute Gasteiger partial charge is 0.339 e. The first-order valence-electron chi connectivity index (χ1n) is 12.2. The number of hydrogen-bond donors (Lipinski definition) is 0. The van der Waals surface area contributed by atoms with Crippen LogP contribution < -0.4 is 0 Å². The second kappa shape index (κ2) is 8.98. The van der Waals surface area contributed by atoms with Crippen LogP contribution in [0.4, 0.5) is 0 Å². The molecule has 2 bridgehead atoms. The van der Waals surface area contributed by atoms with Crippen molar-refractivity contribution in [1.82, 2.24) is 9.80 Å². The third kappa shape index (κ3) is 5.55. The minimum Gasteiger partial charge on any atom is -0.339 e. The van der Waals surface area contributed by atoms with Gasteiger partial charge in [-0.1, -0.05) is 53.4 Å². The molecule has 0 aromatic heterocycles. The van der Waals surface area contributed by atoms with E-state index < -0.39 is 0 Å². The molecule has 3 fully saturated rings. The van der Waals surface area contributed by atoms with Gasteiger partial charge in [-0.05, 0) is 55.8 Å². The molecule has 1 aliphatic heterocycles. The fourth-order valence-corrected chi connectivity index (χ4v) is 6.69. The second-order valence-electron chi connectivity index (χ2n) is 11.5. The smallest absolute Gasteiger partial charge is 0.224 e. The molecule has 3 rings (SSSR count). The predicted octanol–water partition coefficient (Wildman–Crippen LogP) is 5.40. The van der Waals surface area contributed by atoms with Crippen LogP contribution in [0.15, 0.2) is 0 Å². The maximum absolute atomic E-state index is 13.1. The molecule has 166 valence electrons. The molecular formula is C25H44N2O2. The Kier molecular flexibility index (Phi) is 7.00. The van der Waals surface area contributed by atoms with Gasteiger partial charge in [0.15, 0.2) is 0 Å². The number of amides is 2. The van der Waals surface area contributed by atoms with Crippen molar-refractivity contribution >= 4 is 11.8 Å². The van der Waals surface area contributed by atoms with Crippen molar-refractivity contribution in [2.75, 3.05) is 13.1 Å². The third-order valence-electron chi connectivity index (χ3n) is 7.99. The number of hydrogen-bond acceptors (Lipinski definition) is 2. The van der Waals surface area contributed by atoms with Gasteiger partial charge in [-0.2, -0.15) is 0 Å². The van der Waals surface area contributed by atoms with Crippen LogP contribution in [-0.2, 0) is 9.59 Å². The van der Waals surface area contributed by atoms with Crippen molar-refractivity contribution in [3.05, 3.63) is 0 Å². The van der Waals surface area contributed by atoms with Crippen molar-refractivity contribution in [3.63, 3.8) is 0 Å². The highest BCUT2D eigenvalue weighted by atomic mass is 16.2. The molecule has 0 spiro atoms. The van der Waals surface area contributed by atoms with Crippen molar-refractivity contribution in [2.24, 2.45) is 16.7 Å². The van der Waals surface area contributed by atoms with Crippen LogP contribution in [0.2, 0.25) is 0 Å². The topological polar surface area (TPSA) is 40.6 Å². The van der Waals surface area contributed by atoms with E-state index in [1.54, 1.807) is 0 Å². The summed E-state index contributed by atoms with van der Waals surface area (Å²) in [5.74, 6) is 1.26. The maximum Gasteiger partial charge on any atom is 0.224 e. The summed E-state index contributed by atoms with van der Waals surface area (Å²) in [4.78, 5) is 30.2. The van der Waals surface area contributed by atoms with Crippen molar-refractivity contribution in [3.8, 4) is 0 Å². The van der Waals surface area contributed by atoms with Gasteiger partial charge < -0.3 is 9.80 Å². The molecule has 3 atom stereocenters. The van der Waals surface area contributed by atoms with Crippen LogP contribution in [0.3, 0.4) is 0 Å². The highest BCUT2D eigenvalue weighted by Crippen LogP contribution is 2.52. The van der Waals surface area contributed by atoms with Gasteiger partial charge in [-0.3, -0.25) is 9.59 Å². The predicted molar refractivity (Wildman–Crippen MR) is 119 cm³/mol. The van der Waals surface area contributed by atoms with Gasteiger partial charge in [-0.15, -0.1) is 0 Å². The molecule has 4 heteroatoms. The summed E-state index contributed by atoms with van der Waals surface area (Å²) in [5, 5.41) is 0. The van der Waals surface area contributed by atoms with Crippen LogP contribution in [0, 0.1) is 16.7 Å². The summed E-state index contributed by atoms with van der Waals surface area (Å²) in [6.07, 6.45) is 11.8. The molecule has 2 aliphatic carbocycles. The molecule has 2 amide bonds. The van der Waals surface area contributed by atoms with Gasteiger partial charge in [0.1, 0.15) is 0 Å². The van der Waals surface area contributed by atoms with Crippen LogP contribution in [0.5, 0.6) is 0 Å². The molecule has 29 heavy (non-hydrogen) atoms. The molecule has 0 radical (unpaired) electrons. The molecule has 3 unspecified atom stereocenters. The number of fused-ring (bicyclic) bond motifs is 2. The van der Waals surface area contributed by atoms with E-state index in [1.165, 1.54) is 32.1 Å². The lowest BCUT2D eigenvalue weighted by Gasteiger charge is -2.39. The fourth-order valence-electron chi connectivity index (χ4n) is 6.69. The van der Waals surface area contributed by atoms with E-state index in [1.807, 2.05) is 4.90 Å². The first kappa shape index (κ1) is 22.6. The SMILES string of the molecule is CCC(C)N(CCC(=O)N1CC2(C)CC1CC(C)(C)C2)C(=O)CCC1CCCC1.